The third-order valence-electron chi connectivity index (χ3n) is 3.38. The first-order valence-corrected chi connectivity index (χ1v) is 5.43. The van der Waals surface area contributed by atoms with Crippen LogP contribution in [0.5, 0.6) is 0 Å². The molecule has 1 heterocycles. The number of nitrogens with one attached hydrogen (secondary N) is 2. The van der Waals surface area contributed by atoms with Gasteiger partial charge in [0.05, 0.1) is 0 Å². The van der Waals surface area contributed by atoms with Crippen molar-refractivity contribution < 1.29 is 9.90 Å². The molecule has 3 N–H and O–H groups in total. The number of hydrogen-bond acceptors (Lipinski definition) is 3. The van der Waals surface area contributed by atoms with E-state index in [2.05, 4.69) is 10.6 Å². The molecule has 4 nitrogen and oxygen atoms in total. The van der Waals surface area contributed by atoms with Gasteiger partial charge >= 0.3 is 0 Å². The Morgan fingerprint density at radius 3 is 2.67 bits per heavy atom. The van der Waals surface area contributed by atoms with E-state index in [0.717, 1.165) is 25.9 Å². The largest absolute Gasteiger partial charge is 0.396 e. The van der Waals surface area contributed by atoms with E-state index in [-0.39, 0.29) is 42.8 Å². The zero-order valence-corrected chi connectivity index (χ0v) is 9.55. The maximum atomic E-state index is 11.6. The molecule has 2 atom stereocenters. The van der Waals surface area contributed by atoms with E-state index in [1.54, 1.807) is 0 Å². The topological polar surface area (TPSA) is 61.4 Å². The van der Waals surface area contributed by atoms with E-state index in [1.165, 1.54) is 6.42 Å². The second-order valence-corrected chi connectivity index (χ2v) is 4.34. The Morgan fingerprint density at radius 1 is 1.40 bits per heavy atom. The molecule has 1 aliphatic carbocycles. The minimum atomic E-state index is 0. The Labute approximate surface area is 96.2 Å². The Balaban J connectivity index is 0.00000112. The number of halogens is 1. The molecule has 0 bridgehead atoms. The highest BCUT2D eigenvalue weighted by Crippen LogP contribution is 2.26. The normalized spacial score (nSPS) is 30.5. The van der Waals surface area contributed by atoms with Gasteiger partial charge < -0.3 is 15.7 Å². The second-order valence-electron chi connectivity index (χ2n) is 4.34. The quantitative estimate of drug-likeness (QED) is 0.640. The molecule has 2 aliphatic rings. The van der Waals surface area contributed by atoms with E-state index in [4.69, 9.17) is 5.11 Å². The first-order chi connectivity index (χ1) is 6.81. The summed E-state index contributed by atoms with van der Waals surface area (Å²) < 4.78 is 0. The Morgan fingerprint density at radius 2 is 2.13 bits per heavy atom. The van der Waals surface area contributed by atoms with Crippen molar-refractivity contribution in [3.63, 3.8) is 0 Å². The molecular weight excluding hydrogens is 216 g/mol. The van der Waals surface area contributed by atoms with Crippen molar-refractivity contribution in [2.45, 2.75) is 25.3 Å². The molecule has 0 radical (unpaired) electrons. The van der Waals surface area contributed by atoms with Crippen LogP contribution in [0.2, 0.25) is 0 Å². The fourth-order valence-corrected chi connectivity index (χ4v) is 2.06. The van der Waals surface area contributed by atoms with Crippen LogP contribution in [0.1, 0.15) is 19.3 Å². The number of carbonyl (C=O) groups excluding carboxylic acids is 1. The van der Waals surface area contributed by atoms with Crippen molar-refractivity contribution in [2.75, 3.05) is 19.7 Å². The van der Waals surface area contributed by atoms with Gasteiger partial charge in [0.15, 0.2) is 0 Å². The van der Waals surface area contributed by atoms with Crippen LogP contribution >= 0.6 is 12.4 Å². The van der Waals surface area contributed by atoms with Crippen LogP contribution in [0.25, 0.3) is 0 Å². The van der Waals surface area contributed by atoms with Crippen molar-refractivity contribution in [2.24, 2.45) is 11.8 Å². The molecule has 1 amide bonds. The molecule has 1 saturated carbocycles. The molecule has 0 spiro atoms. The summed E-state index contributed by atoms with van der Waals surface area (Å²) in [7, 11) is 0. The highest BCUT2D eigenvalue weighted by molar-refractivity contribution is 5.85. The Bertz CT molecular complexity index is 221. The maximum Gasteiger partial charge on any atom is 0.223 e. The van der Waals surface area contributed by atoms with Gasteiger partial charge in [-0.1, -0.05) is 6.42 Å². The fraction of sp³-hybridized carbons (Fsp3) is 0.900. The number of aliphatic hydroxyl groups excluding tert-OH is 1. The number of hydrogen-bond donors (Lipinski definition) is 3. The summed E-state index contributed by atoms with van der Waals surface area (Å²) in [5.41, 5.74) is 0. The van der Waals surface area contributed by atoms with E-state index in [0.29, 0.717) is 0 Å². The molecule has 15 heavy (non-hydrogen) atoms. The van der Waals surface area contributed by atoms with E-state index < -0.39 is 0 Å². The smallest absolute Gasteiger partial charge is 0.223 e. The predicted molar refractivity (Wildman–Crippen MR) is 60.0 cm³/mol. The summed E-state index contributed by atoms with van der Waals surface area (Å²) in [6, 6.07) is 0.133. The van der Waals surface area contributed by atoms with Crippen LogP contribution < -0.4 is 10.6 Å². The highest BCUT2D eigenvalue weighted by Gasteiger charge is 2.31. The van der Waals surface area contributed by atoms with Gasteiger partial charge in [-0.15, -0.1) is 12.4 Å². The fourth-order valence-electron chi connectivity index (χ4n) is 2.06. The lowest BCUT2D eigenvalue weighted by atomic mass is 9.84. The van der Waals surface area contributed by atoms with Crippen molar-refractivity contribution in [3.05, 3.63) is 0 Å². The van der Waals surface area contributed by atoms with Crippen molar-refractivity contribution in [1.82, 2.24) is 10.6 Å². The molecule has 2 rings (SSSR count). The Kier molecular flexibility index (Phi) is 4.83. The minimum absolute atomic E-state index is 0. The summed E-state index contributed by atoms with van der Waals surface area (Å²) in [4.78, 5) is 11.6. The lowest BCUT2D eigenvalue weighted by molar-refractivity contribution is -0.128. The average Bonchev–Trinajstić information content (AvgIpc) is 2.48. The standard InChI is InChI=1S/C10H18N2O2.ClH/c13-6-8-4-11-5-9(8)12-10(14)7-2-1-3-7;/h7-9,11,13H,1-6H2,(H,12,14);1H. The monoisotopic (exact) mass is 234 g/mol. The molecule has 0 aromatic rings. The van der Waals surface area contributed by atoms with Gasteiger partial charge in [-0.3, -0.25) is 4.79 Å². The van der Waals surface area contributed by atoms with Gasteiger partial charge in [0.1, 0.15) is 0 Å². The Hall–Kier alpha value is -0.320. The maximum absolute atomic E-state index is 11.6. The van der Waals surface area contributed by atoms with E-state index in [1.807, 2.05) is 0 Å². The van der Waals surface area contributed by atoms with Crippen LogP contribution in [0, 0.1) is 11.8 Å². The number of amides is 1. The molecule has 88 valence electrons. The van der Waals surface area contributed by atoms with Crippen LogP contribution in [-0.2, 0) is 4.79 Å². The van der Waals surface area contributed by atoms with E-state index in [9.17, 15) is 4.79 Å². The van der Waals surface area contributed by atoms with Crippen LogP contribution in [0.4, 0.5) is 0 Å². The van der Waals surface area contributed by atoms with Gasteiger partial charge in [-0.2, -0.15) is 0 Å². The summed E-state index contributed by atoms with van der Waals surface area (Å²) in [6.07, 6.45) is 3.26. The van der Waals surface area contributed by atoms with Gasteiger partial charge in [0, 0.05) is 37.6 Å². The SMILES string of the molecule is Cl.O=C(NC1CNCC1CO)C1CCC1. The number of carbonyl (C=O) groups is 1. The molecule has 2 unspecified atom stereocenters. The number of rotatable bonds is 3. The summed E-state index contributed by atoms with van der Waals surface area (Å²) in [5, 5.41) is 15.3. The molecule has 1 saturated heterocycles. The van der Waals surface area contributed by atoms with Gasteiger partial charge in [-0.05, 0) is 12.8 Å². The molecule has 1 aliphatic heterocycles. The second kappa shape index (κ2) is 5.68. The predicted octanol–water partition coefficient (Wildman–Crippen LogP) is -0.0952. The summed E-state index contributed by atoms with van der Waals surface area (Å²) >= 11 is 0. The van der Waals surface area contributed by atoms with Gasteiger partial charge in [0.2, 0.25) is 5.91 Å². The highest BCUT2D eigenvalue weighted by atomic mass is 35.5. The lowest BCUT2D eigenvalue weighted by Crippen LogP contribution is -2.45. The lowest BCUT2D eigenvalue weighted by Gasteiger charge is -2.27. The first-order valence-electron chi connectivity index (χ1n) is 5.43. The molecule has 2 fully saturated rings. The third kappa shape index (κ3) is 2.83. The molecule has 5 heteroatoms. The molecule has 0 aromatic heterocycles. The zero-order valence-electron chi connectivity index (χ0n) is 8.74. The third-order valence-corrected chi connectivity index (χ3v) is 3.38. The summed E-state index contributed by atoms with van der Waals surface area (Å²) in [6.45, 7) is 1.76. The van der Waals surface area contributed by atoms with Crippen molar-refractivity contribution in [1.29, 1.82) is 0 Å². The van der Waals surface area contributed by atoms with Crippen molar-refractivity contribution in [3.8, 4) is 0 Å². The first kappa shape index (κ1) is 12.7. The van der Waals surface area contributed by atoms with Crippen molar-refractivity contribution >= 4 is 18.3 Å². The van der Waals surface area contributed by atoms with Gasteiger partial charge in [-0.25, -0.2) is 0 Å². The number of aliphatic hydroxyl groups is 1. The molecular formula is C10H19ClN2O2. The molecule has 0 aromatic carbocycles. The average molecular weight is 235 g/mol. The zero-order chi connectivity index (χ0) is 9.97. The summed E-state index contributed by atoms with van der Waals surface area (Å²) in [5.74, 6) is 0.623. The van der Waals surface area contributed by atoms with Crippen LogP contribution in [0.15, 0.2) is 0 Å². The van der Waals surface area contributed by atoms with Crippen LogP contribution in [-0.4, -0.2) is 36.8 Å². The minimum Gasteiger partial charge on any atom is -0.396 e. The van der Waals surface area contributed by atoms with Crippen LogP contribution in [0.3, 0.4) is 0 Å². The van der Waals surface area contributed by atoms with E-state index >= 15 is 0 Å². The van der Waals surface area contributed by atoms with Gasteiger partial charge in [0.25, 0.3) is 0 Å².